The number of benzene rings is 2. The maximum absolute atomic E-state index is 13.1. The van der Waals surface area contributed by atoms with Crippen molar-refractivity contribution in [1.29, 1.82) is 0 Å². The van der Waals surface area contributed by atoms with Crippen molar-refractivity contribution in [1.82, 2.24) is 9.78 Å². The molecule has 0 atom stereocenters. The van der Waals surface area contributed by atoms with E-state index in [1.165, 1.54) is 4.68 Å². The van der Waals surface area contributed by atoms with Gasteiger partial charge in [-0.25, -0.2) is 4.68 Å². The third kappa shape index (κ3) is 3.22. The number of nitrogens with one attached hydrogen (secondary N) is 1. The molecule has 0 spiro atoms. The first kappa shape index (κ1) is 21.9. The van der Waals surface area contributed by atoms with Crippen molar-refractivity contribution in [2.75, 3.05) is 5.01 Å². The Morgan fingerprint density at radius 1 is 0.882 bits per heavy atom. The second kappa shape index (κ2) is 7.86. The number of rotatable bonds is 3. The SMILES string of the molecule is CC1=NN(c2cccc(Cl)c2)C(=O)/C1=C1\C(=O)C(c2c(C)[nH]n(-c3cccc(Cl)c3)c2=O)=C1O. The fourth-order valence-electron chi connectivity index (χ4n) is 4.08. The van der Waals surface area contributed by atoms with Crippen LogP contribution in [0.3, 0.4) is 0 Å². The summed E-state index contributed by atoms with van der Waals surface area (Å²) in [7, 11) is 0. The number of ketones is 1. The third-order valence-electron chi connectivity index (χ3n) is 5.64. The number of anilines is 1. The van der Waals surface area contributed by atoms with Gasteiger partial charge in [0.1, 0.15) is 5.76 Å². The lowest BCUT2D eigenvalue weighted by Gasteiger charge is -2.22. The summed E-state index contributed by atoms with van der Waals surface area (Å²) in [5.41, 5.74) is 0.713. The van der Waals surface area contributed by atoms with E-state index < -0.39 is 23.0 Å². The van der Waals surface area contributed by atoms with Crippen LogP contribution < -0.4 is 10.6 Å². The lowest BCUT2D eigenvalue weighted by atomic mass is 9.80. The fourth-order valence-corrected chi connectivity index (χ4v) is 4.45. The lowest BCUT2D eigenvalue weighted by molar-refractivity contribution is -0.115. The van der Waals surface area contributed by atoms with Gasteiger partial charge < -0.3 is 5.11 Å². The molecule has 0 fully saturated rings. The van der Waals surface area contributed by atoms with Crippen LogP contribution in [-0.4, -0.2) is 32.3 Å². The van der Waals surface area contributed by atoms with Gasteiger partial charge in [-0.15, -0.1) is 0 Å². The quantitative estimate of drug-likeness (QED) is 0.527. The van der Waals surface area contributed by atoms with E-state index >= 15 is 0 Å². The molecule has 0 saturated carbocycles. The molecule has 0 unspecified atom stereocenters. The Hall–Kier alpha value is -3.88. The number of hydrogen-bond donors (Lipinski definition) is 2. The van der Waals surface area contributed by atoms with E-state index in [-0.39, 0.29) is 28.0 Å². The van der Waals surface area contributed by atoms with Crippen LogP contribution >= 0.6 is 23.2 Å². The summed E-state index contributed by atoms with van der Waals surface area (Å²) in [4.78, 5) is 39.4. The number of nitrogens with zero attached hydrogens (tertiary/aromatic N) is 3. The predicted octanol–water partition coefficient (Wildman–Crippen LogP) is 4.35. The number of carbonyl (C=O) groups is 2. The van der Waals surface area contributed by atoms with Crippen molar-refractivity contribution in [2.24, 2.45) is 5.10 Å². The molecule has 5 rings (SSSR count). The number of Topliss-reactive ketones (excluding diaryl/α,β-unsaturated/α-hetero) is 1. The number of aliphatic hydroxyl groups excluding tert-OH is 1. The highest BCUT2D eigenvalue weighted by molar-refractivity contribution is 6.45. The zero-order valence-electron chi connectivity index (χ0n) is 17.9. The predicted molar refractivity (Wildman–Crippen MR) is 130 cm³/mol. The highest BCUT2D eigenvalue weighted by atomic mass is 35.5. The van der Waals surface area contributed by atoms with Crippen LogP contribution in [-0.2, 0) is 9.59 Å². The van der Waals surface area contributed by atoms with Crippen molar-refractivity contribution in [3.05, 3.63) is 97.1 Å². The van der Waals surface area contributed by atoms with Gasteiger partial charge in [0.2, 0.25) is 5.78 Å². The summed E-state index contributed by atoms with van der Waals surface area (Å²) in [6.45, 7) is 3.18. The minimum Gasteiger partial charge on any atom is -0.506 e. The van der Waals surface area contributed by atoms with Gasteiger partial charge in [0.15, 0.2) is 0 Å². The lowest BCUT2D eigenvalue weighted by Crippen LogP contribution is -2.31. The van der Waals surface area contributed by atoms with Gasteiger partial charge in [-0.05, 0) is 50.2 Å². The number of H-pyrrole nitrogens is 1. The largest absolute Gasteiger partial charge is 0.506 e. The normalized spacial score (nSPS) is 18.0. The van der Waals surface area contributed by atoms with E-state index in [9.17, 15) is 19.5 Å². The maximum atomic E-state index is 13.1. The monoisotopic (exact) mass is 494 g/mol. The van der Waals surface area contributed by atoms with E-state index in [2.05, 4.69) is 10.2 Å². The zero-order valence-corrected chi connectivity index (χ0v) is 19.4. The van der Waals surface area contributed by atoms with Crippen LogP contribution in [0.2, 0.25) is 10.0 Å². The van der Waals surface area contributed by atoms with Gasteiger partial charge in [-0.2, -0.15) is 10.1 Å². The molecule has 1 aromatic heterocycles. The van der Waals surface area contributed by atoms with Gasteiger partial charge in [-0.1, -0.05) is 35.3 Å². The van der Waals surface area contributed by atoms with Crippen LogP contribution in [0, 0.1) is 6.92 Å². The number of hydrogen-bond acceptors (Lipinski definition) is 5. The molecule has 34 heavy (non-hydrogen) atoms. The van der Waals surface area contributed by atoms with Crippen LogP contribution in [0.25, 0.3) is 11.3 Å². The van der Waals surface area contributed by atoms with E-state index in [0.29, 0.717) is 27.1 Å². The molecule has 2 heterocycles. The van der Waals surface area contributed by atoms with E-state index in [0.717, 1.165) is 5.01 Å². The standard InChI is InChI=1S/C24H16Cl2N4O4/c1-11-17(23(33)29(27-11)15-7-3-5-13(25)9-15)19-21(31)20(22(19)32)18-12(2)28-30(24(18)34)16-8-4-6-14(26)10-16/h3-10,27,31H,1-2H3/b20-18-. The topological polar surface area (TPSA) is 108 Å². The smallest absolute Gasteiger partial charge is 0.281 e. The summed E-state index contributed by atoms with van der Waals surface area (Å²) in [5.74, 6) is -1.61. The van der Waals surface area contributed by atoms with Gasteiger partial charge in [0.25, 0.3) is 11.5 Å². The van der Waals surface area contributed by atoms with Crippen LogP contribution in [0.5, 0.6) is 0 Å². The molecule has 1 aliphatic heterocycles. The first-order chi connectivity index (χ1) is 16.2. The molecule has 10 heteroatoms. The number of aliphatic hydroxyl groups is 1. The molecule has 3 aromatic rings. The number of aromatic amines is 1. The minimum absolute atomic E-state index is 0.0189. The van der Waals surface area contributed by atoms with E-state index in [1.54, 1.807) is 62.4 Å². The molecule has 1 amide bonds. The number of hydrazone groups is 1. The Morgan fingerprint density at radius 2 is 1.50 bits per heavy atom. The molecule has 2 N–H and O–H groups in total. The molecule has 0 radical (unpaired) electrons. The Kier molecular flexibility index (Phi) is 5.07. The molecule has 0 bridgehead atoms. The number of amides is 1. The second-order valence-corrected chi connectivity index (χ2v) is 8.69. The van der Waals surface area contributed by atoms with Crippen molar-refractivity contribution in [2.45, 2.75) is 13.8 Å². The summed E-state index contributed by atoms with van der Waals surface area (Å²) >= 11 is 12.1. The molecule has 8 nitrogen and oxygen atoms in total. The summed E-state index contributed by atoms with van der Waals surface area (Å²) < 4.78 is 1.24. The van der Waals surface area contributed by atoms with Gasteiger partial charge >= 0.3 is 0 Å². The number of aromatic nitrogens is 2. The van der Waals surface area contributed by atoms with Crippen LogP contribution in [0.15, 0.2) is 75.3 Å². The number of allylic oxidation sites excluding steroid dienone is 2. The number of halogens is 2. The van der Waals surface area contributed by atoms with Crippen LogP contribution in [0.4, 0.5) is 5.69 Å². The highest BCUT2D eigenvalue weighted by Gasteiger charge is 2.44. The molecule has 0 saturated heterocycles. The third-order valence-corrected chi connectivity index (χ3v) is 6.11. The Bertz CT molecular complexity index is 1580. The van der Waals surface area contributed by atoms with Crippen molar-refractivity contribution in [3.63, 3.8) is 0 Å². The summed E-state index contributed by atoms with van der Waals surface area (Å²) in [5, 5.41) is 19.9. The van der Waals surface area contributed by atoms with E-state index in [4.69, 9.17) is 23.2 Å². The van der Waals surface area contributed by atoms with Crippen molar-refractivity contribution < 1.29 is 14.7 Å². The van der Waals surface area contributed by atoms with Gasteiger partial charge in [0.05, 0.1) is 39.4 Å². The fraction of sp³-hybridized carbons (Fsp3) is 0.0833. The molecule has 2 aliphatic rings. The Balaban J connectivity index is 1.59. The first-order valence-corrected chi connectivity index (χ1v) is 10.9. The van der Waals surface area contributed by atoms with Crippen molar-refractivity contribution >= 4 is 51.9 Å². The molecule has 170 valence electrons. The molecule has 1 aliphatic carbocycles. The van der Waals surface area contributed by atoms with E-state index in [1.807, 2.05) is 0 Å². The Labute approximate surface area is 203 Å². The van der Waals surface area contributed by atoms with Crippen molar-refractivity contribution in [3.8, 4) is 5.69 Å². The summed E-state index contributed by atoms with van der Waals surface area (Å²) in [6, 6.07) is 13.2. The molecule has 2 aromatic carbocycles. The Morgan fingerprint density at radius 3 is 2.12 bits per heavy atom. The second-order valence-electron chi connectivity index (χ2n) is 7.82. The average Bonchev–Trinajstić information content (AvgIpc) is 3.25. The average molecular weight is 495 g/mol. The zero-order chi connectivity index (χ0) is 24.3. The maximum Gasteiger partial charge on any atom is 0.281 e. The van der Waals surface area contributed by atoms with Gasteiger partial charge in [-0.3, -0.25) is 19.5 Å². The minimum atomic E-state index is -0.610. The first-order valence-electron chi connectivity index (χ1n) is 10.1. The number of carbonyl (C=O) groups excluding carboxylic acids is 2. The van der Waals surface area contributed by atoms with Gasteiger partial charge in [0, 0.05) is 15.7 Å². The molecular weight excluding hydrogens is 479 g/mol. The highest BCUT2D eigenvalue weighted by Crippen LogP contribution is 2.40. The number of aryl methyl sites for hydroxylation is 1. The summed E-state index contributed by atoms with van der Waals surface area (Å²) in [6.07, 6.45) is 0. The van der Waals surface area contributed by atoms with Crippen LogP contribution in [0.1, 0.15) is 18.2 Å². The molecular formula is C24H16Cl2N4O4.